The molecule has 1 aliphatic rings. The number of hydrogen-bond donors (Lipinski definition) is 1. The van der Waals surface area contributed by atoms with Crippen LogP contribution in [0.5, 0.6) is 5.75 Å². The number of amides is 1. The summed E-state index contributed by atoms with van der Waals surface area (Å²) in [4.78, 5) is 21.2. The number of benzene rings is 1. The predicted molar refractivity (Wildman–Crippen MR) is 104 cm³/mol. The zero-order valence-electron chi connectivity index (χ0n) is 15.7. The van der Waals surface area contributed by atoms with Crippen LogP contribution in [0.15, 0.2) is 36.5 Å². The van der Waals surface area contributed by atoms with Crippen LogP contribution in [0.3, 0.4) is 0 Å². The molecule has 0 unspecified atom stereocenters. The van der Waals surface area contributed by atoms with E-state index < -0.39 is 0 Å². The number of hydrogen-bond acceptors (Lipinski definition) is 5. The number of likely N-dealkylation sites (N-methyl/N-ethyl adjacent to an activating group) is 1. The molecule has 6 heteroatoms. The minimum atomic E-state index is -0.194. The van der Waals surface area contributed by atoms with Gasteiger partial charge >= 0.3 is 0 Å². The molecule has 0 radical (unpaired) electrons. The molecule has 0 atom stereocenters. The number of aromatic nitrogens is 1. The van der Waals surface area contributed by atoms with Gasteiger partial charge < -0.3 is 19.9 Å². The molecule has 1 saturated heterocycles. The maximum atomic E-state index is 12.1. The Morgan fingerprint density at radius 1 is 1.15 bits per heavy atom. The maximum Gasteiger partial charge on any atom is 0.262 e. The Morgan fingerprint density at radius 3 is 2.62 bits per heavy atom. The molecule has 1 fully saturated rings. The van der Waals surface area contributed by atoms with Crippen LogP contribution in [0.2, 0.25) is 0 Å². The van der Waals surface area contributed by atoms with E-state index >= 15 is 0 Å². The highest BCUT2D eigenvalue weighted by Crippen LogP contribution is 2.20. The number of anilines is 2. The number of piperazine rings is 1. The number of pyridine rings is 1. The van der Waals surface area contributed by atoms with Gasteiger partial charge in [0.25, 0.3) is 5.91 Å². The number of carbonyl (C=O) groups is 1. The van der Waals surface area contributed by atoms with Crippen LogP contribution >= 0.6 is 0 Å². The van der Waals surface area contributed by atoms with Crippen molar-refractivity contribution in [3.63, 3.8) is 0 Å². The normalized spacial score (nSPS) is 15.0. The van der Waals surface area contributed by atoms with Gasteiger partial charge in [0, 0.05) is 26.2 Å². The van der Waals surface area contributed by atoms with E-state index in [1.165, 1.54) is 0 Å². The Balaban J connectivity index is 1.52. The fourth-order valence-corrected chi connectivity index (χ4v) is 2.90. The van der Waals surface area contributed by atoms with Crippen molar-refractivity contribution >= 4 is 17.4 Å². The SMILES string of the molecule is Cc1cccc(OCC(=O)Nc2ccc(N3CCN(C)CC3)nc2)c1C. The number of rotatable bonds is 5. The zero-order valence-corrected chi connectivity index (χ0v) is 15.7. The summed E-state index contributed by atoms with van der Waals surface area (Å²) in [5, 5.41) is 2.83. The van der Waals surface area contributed by atoms with Crippen LogP contribution in [0.25, 0.3) is 0 Å². The molecule has 1 aliphatic heterocycles. The van der Waals surface area contributed by atoms with E-state index in [1.807, 2.05) is 44.2 Å². The summed E-state index contributed by atoms with van der Waals surface area (Å²) in [6.07, 6.45) is 1.70. The summed E-state index contributed by atoms with van der Waals surface area (Å²) in [6, 6.07) is 9.66. The van der Waals surface area contributed by atoms with Gasteiger partial charge in [0.15, 0.2) is 6.61 Å². The van der Waals surface area contributed by atoms with E-state index in [4.69, 9.17) is 4.74 Å². The van der Waals surface area contributed by atoms with Crippen molar-refractivity contribution in [1.29, 1.82) is 0 Å². The Bertz CT molecular complexity index is 753. The summed E-state index contributed by atoms with van der Waals surface area (Å²) in [5.41, 5.74) is 2.88. The van der Waals surface area contributed by atoms with Crippen molar-refractivity contribution < 1.29 is 9.53 Å². The highest BCUT2D eigenvalue weighted by atomic mass is 16.5. The second-order valence-electron chi connectivity index (χ2n) is 6.73. The summed E-state index contributed by atoms with van der Waals surface area (Å²) in [7, 11) is 2.13. The molecule has 138 valence electrons. The number of aryl methyl sites for hydroxylation is 1. The van der Waals surface area contributed by atoms with E-state index in [0.29, 0.717) is 5.69 Å². The Kier molecular flexibility index (Phi) is 5.73. The van der Waals surface area contributed by atoms with Crippen molar-refractivity contribution in [2.75, 3.05) is 50.1 Å². The number of nitrogens with zero attached hydrogens (tertiary/aromatic N) is 3. The fraction of sp³-hybridized carbons (Fsp3) is 0.400. The molecule has 6 nitrogen and oxygen atoms in total. The highest BCUT2D eigenvalue weighted by Gasteiger charge is 2.15. The molecule has 0 spiro atoms. The molecular formula is C20H26N4O2. The first-order valence-corrected chi connectivity index (χ1v) is 8.91. The van der Waals surface area contributed by atoms with E-state index in [1.54, 1.807) is 6.20 Å². The zero-order chi connectivity index (χ0) is 18.5. The van der Waals surface area contributed by atoms with Crippen molar-refractivity contribution in [3.8, 4) is 5.75 Å². The molecule has 0 aliphatic carbocycles. The van der Waals surface area contributed by atoms with E-state index in [2.05, 4.69) is 27.1 Å². The molecule has 1 amide bonds. The molecule has 2 heterocycles. The number of nitrogens with one attached hydrogen (secondary N) is 1. The summed E-state index contributed by atoms with van der Waals surface area (Å²) < 4.78 is 5.64. The van der Waals surface area contributed by atoms with Crippen LogP contribution in [0.4, 0.5) is 11.5 Å². The van der Waals surface area contributed by atoms with Gasteiger partial charge in [-0.3, -0.25) is 4.79 Å². The fourth-order valence-electron chi connectivity index (χ4n) is 2.90. The second kappa shape index (κ2) is 8.19. The van der Waals surface area contributed by atoms with E-state index in [-0.39, 0.29) is 12.5 Å². The van der Waals surface area contributed by atoms with Crippen LogP contribution in [-0.4, -0.2) is 55.6 Å². The molecule has 1 aromatic heterocycles. The first kappa shape index (κ1) is 18.2. The van der Waals surface area contributed by atoms with E-state index in [0.717, 1.165) is 48.9 Å². The standard InChI is InChI=1S/C20H26N4O2/c1-15-5-4-6-18(16(15)2)26-14-20(25)22-17-7-8-19(21-13-17)24-11-9-23(3)10-12-24/h4-8,13H,9-12,14H2,1-3H3,(H,22,25). The summed E-state index contributed by atoms with van der Waals surface area (Å²) >= 11 is 0. The van der Waals surface area contributed by atoms with Crippen LogP contribution < -0.4 is 15.0 Å². The third-order valence-corrected chi connectivity index (χ3v) is 4.77. The minimum Gasteiger partial charge on any atom is -0.483 e. The molecule has 0 saturated carbocycles. The molecule has 3 rings (SSSR count). The van der Waals surface area contributed by atoms with Crippen molar-refractivity contribution in [2.24, 2.45) is 0 Å². The van der Waals surface area contributed by atoms with E-state index in [9.17, 15) is 4.79 Å². The lowest BCUT2D eigenvalue weighted by atomic mass is 10.1. The number of carbonyl (C=O) groups excluding carboxylic acids is 1. The van der Waals surface area contributed by atoms with Gasteiger partial charge in [0.05, 0.1) is 11.9 Å². The predicted octanol–water partition coefficient (Wildman–Crippen LogP) is 2.47. The van der Waals surface area contributed by atoms with Crippen LogP contribution in [-0.2, 0) is 4.79 Å². The molecule has 1 N–H and O–H groups in total. The first-order chi connectivity index (χ1) is 12.5. The van der Waals surface area contributed by atoms with Gasteiger partial charge in [-0.15, -0.1) is 0 Å². The lowest BCUT2D eigenvalue weighted by Gasteiger charge is -2.33. The van der Waals surface area contributed by atoms with Gasteiger partial charge in [-0.1, -0.05) is 12.1 Å². The second-order valence-corrected chi connectivity index (χ2v) is 6.73. The highest BCUT2D eigenvalue weighted by molar-refractivity contribution is 5.91. The summed E-state index contributed by atoms with van der Waals surface area (Å²) in [6.45, 7) is 8.01. The van der Waals surface area contributed by atoms with Crippen molar-refractivity contribution in [3.05, 3.63) is 47.7 Å². The third kappa shape index (κ3) is 4.52. The molecule has 26 heavy (non-hydrogen) atoms. The lowest BCUT2D eigenvalue weighted by Crippen LogP contribution is -2.44. The van der Waals surface area contributed by atoms with Crippen molar-refractivity contribution in [2.45, 2.75) is 13.8 Å². The molecular weight excluding hydrogens is 328 g/mol. The van der Waals surface area contributed by atoms with Gasteiger partial charge in [-0.2, -0.15) is 0 Å². The smallest absolute Gasteiger partial charge is 0.262 e. The van der Waals surface area contributed by atoms with Gasteiger partial charge in [-0.05, 0) is 50.2 Å². The summed E-state index contributed by atoms with van der Waals surface area (Å²) in [5.74, 6) is 1.49. The minimum absolute atomic E-state index is 0.0233. The topological polar surface area (TPSA) is 57.7 Å². The van der Waals surface area contributed by atoms with Crippen molar-refractivity contribution in [1.82, 2.24) is 9.88 Å². The van der Waals surface area contributed by atoms with Gasteiger partial charge in [-0.25, -0.2) is 4.98 Å². The van der Waals surface area contributed by atoms with Crippen LogP contribution in [0.1, 0.15) is 11.1 Å². The number of ether oxygens (including phenoxy) is 1. The Morgan fingerprint density at radius 2 is 1.92 bits per heavy atom. The average Bonchev–Trinajstić information content (AvgIpc) is 2.64. The lowest BCUT2D eigenvalue weighted by molar-refractivity contribution is -0.118. The van der Waals surface area contributed by atoms with Crippen LogP contribution in [0, 0.1) is 13.8 Å². The largest absolute Gasteiger partial charge is 0.483 e. The maximum absolute atomic E-state index is 12.1. The average molecular weight is 354 g/mol. The van der Waals surface area contributed by atoms with Gasteiger partial charge in [0.1, 0.15) is 11.6 Å². The monoisotopic (exact) mass is 354 g/mol. The molecule has 2 aromatic rings. The quantitative estimate of drug-likeness (QED) is 0.894. The molecule has 1 aromatic carbocycles. The first-order valence-electron chi connectivity index (χ1n) is 8.91. The Hall–Kier alpha value is -2.60. The van der Waals surface area contributed by atoms with Gasteiger partial charge in [0.2, 0.25) is 0 Å². The Labute approximate surface area is 154 Å². The third-order valence-electron chi connectivity index (χ3n) is 4.77. The molecule has 0 bridgehead atoms.